The Morgan fingerprint density at radius 1 is 1.00 bits per heavy atom. The van der Waals surface area contributed by atoms with Gasteiger partial charge >= 0.3 is 0 Å². The van der Waals surface area contributed by atoms with Gasteiger partial charge in [0.15, 0.2) is 18.9 Å². The monoisotopic (exact) mass is 239 g/mol. The molecule has 0 amide bonds. The SMILES string of the molecule is CN(C)C(=Cc1ccccc1)C[n+]1ccccc1. The lowest BCUT2D eigenvalue weighted by molar-refractivity contribution is -0.690. The van der Waals surface area contributed by atoms with Crippen LogP contribution < -0.4 is 4.57 Å². The molecular formula is C16H19N2+. The minimum absolute atomic E-state index is 0.878. The van der Waals surface area contributed by atoms with Gasteiger partial charge in [0.05, 0.1) is 5.70 Å². The first kappa shape index (κ1) is 12.4. The minimum atomic E-state index is 0.878. The van der Waals surface area contributed by atoms with Crippen LogP contribution >= 0.6 is 0 Å². The van der Waals surface area contributed by atoms with E-state index in [0.29, 0.717) is 0 Å². The number of rotatable bonds is 4. The van der Waals surface area contributed by atoms with Crippen LogP contribution in [0.15, 0.2) is 66.6 Å². The molecule has 1 heterocycles. The second-order valence-corrected chi connectivity index (χ2v) is 4.49. The molecule has 0 radical (unpaired) electrons. The van der Waals surface area contributed by atoms with Crippen molar-refractivity contribution in [1.29, 1.82) is 0 Å². The highest BCUT2D eigenvalue weighted by Gasteiger charge is 2.06. The Balaban J connectivity index is 2.22. The molecule has 2 rings (SSSR count). The summed E-state index contributed by atoms with van der Waals surface area (Å²) in [4.78, 5) is 2.16. The van der Waals surface area contributed by atoms with Gasteiger partial charge in [0.25, 0.3) is 0 Å². The lowest BCUT2D eigenvalue weighted by Gasteiger charge is -2.14. The summed E-state index contributed by atoms with van der Waals surface area (Å²) in [6.45, 7) is 0.878. The summed E-state index contributed by atoms with van der Waals surface area (Å²) < 4.78 is 2.18. The second kappa shape index (κ2) is 6.01. The summed E-state index contributed by atoms with van der Waals surface area (Å²) >= 11 is 0. The van der Waals surface area contributed by atoms with E-state index in [1.54, 1.807) is 0 Å². The molecule has 0 unspecified atom stereocenters. The van der Waals surface area contributed by atoms with Crippen LogP contribution in [-0.2, 0) is 6.54 Å². The van der Waals surface area contributed by atoms with E-state index in [-0.39, 0.29) is 0 Å². The zero-order valence-electron chi connectivity index (χ0n) is 11.0. The van der Waals surface area contributed by atoms with Crippen molar-refractivity contribution in [2.45, 2.75) is 6.54 Å². The van der Waals surface area contributed by atoms with Gasteiger partial charge in [-0.05, 0) is 11.6 Å². The summed E-state index contributed by atoms with van der Waals surface area (Å²) in [6.07, 6.45) is 6.39. The molecule has 0 aliphatic rings. The fourth-order valence-electron chi connectivity index (χ4n) is 1.78. The van der Waals surface area contributed by atoms with Gasteiger partial charge in [-0.1, -0.05) is 36.4 Å². The van der Waals surface area contributed by atoms with Crippen LogP contribution in [0.25, 0.3) is 6.08 Å². The largest absolute Gasteiger partial charge is 0.376 e. The summed E-state index contributed by atoms with van der Waals surface area (Å²) in [5.74, 6) is 0. The van der Waals surface area contributed by atoms with Crippen molar-refractivity contribution >= 4 is 6.08 Å². The molecule has 0 atom stereocenters. The van der Waals surface area contributed by atoms with E-state index in [1.165, 1.54) is 11.3 Å². The van der Waals surface area contributed by atoms with E-state index in [0.717, 1.165) is 6.54 Å². The first-order valence-electron chi connectivity index (χ1n) is 6.13. The Morgan fingerprint density at radius 3 is 2.22 bits per heavy atom. The van der Waals surface area contributed by atoms with Crippen molar-refractivity contribution in [3.05, 3.63) is 72.2 Å². The van der Waals surface area contributed by atoms with Crippen molar-refractivity contribution in [3.63, 3.8) is 0 Å². The Bertz CT molecular complexity index is 501. The van der Waals surface area contributed by atoms with Crippen LogP contribution in [0.1, 0.15) is 5.56 Å². The van der Waals surface area contributed by atoms with Crippen molar-refractivity contribution < 1.29 is 4.57 Å². The van der Waals surface area contributed by atoms with Crippen LogP contribution in [0.5, 0.6) is 0 Å². The van der Waals surface area contributed by atoms with E-state index in [1.807, 2.05) is 12.1 Å². The molecule has 1 aromatic heterocycles. The van der Waals surface area contributed by atoms with Crippen molar-refractivity contribution in [3.8, 4) is 0 Å². The summed E-state index contributed by atoms with van der Waals surface area (Å²) in [6, 6.07) is 16.6. The van der Waals surface area contributed by atoms with Gasteiger partial charge < -0.3 is 4.90 Å². The summed E-state index contributed by atoms with van der Waals surface area (Å²) in [5.41, 5.74) is 2.51. The highest BCUT2D eigenvalue weighted by Crippen LogP contribution is 2.08. The Labute approximate surface area is 109 Å². The van der Waals surface area contributed by atoms with Crippen molar-refractivity contribution in [2.75, 3.05) is 14.1 Å². The molecular weight excluding hydrogens is 220 g/mol. The maximum atomic E-state index is 2.22. The van der Waals surface area contributed by atoms with Gasteiger partial charge in [0, 0.05) is 26.2 Å². The van der Waals surface area contributed by atoms with Crippen LogP contribution in [0.3, 0.4) is 0 Å². The first-order chi connectivity index (χ1) is 8.75. The standard InChI is InChI=1S/C16H19N2/c1-17(2)16(13-15-9-5-3-6-10-15)14-18-11-7-4-8-12-18/h3-13H,14H2,1-2H3/q+1. The lowest BCUT2D eigenvalue weighted by atomic mass is 10.2. The quantitative estimate of drug-likeness (QED) is 0.744. The third-order valence-electron chi connectivity index (χ3n) is 2.83. The minimum Gasteiger partial charge on any atom is -0.376 e. The van der Waals surface area contributed by atoms with Gasteiger partial charge in [-0.3, -0.25) is 0 Å². The van der Waals surface area contributed by atoms with E-state index >= 15 is 0 Å². The molecule has 2 aromatic rings. The Hall–Kier alpha value is -2.09. The zero-order valence-corrected chi connectivity index (χ0v) is 11.0. The molecule has 0 aliphatic carbocycles. The van der Waals surface area contributed by atoms with Gasteiger partial charge in [0.2, 0.25) is 0 Å². The predicted molar refractivity (Wildman–Crippen MR) is 74.7 cm³/mol. The molecule has 2 heteroatoms. The highest BCUT2D eigenvalue weighted by molar-refractivity contribution is 5.51. The molecule has 0 saturated carbocycles. The number of aromatic nitrogens is 1. The zero-order chi connectivity index (χ0) is 12.8. The van der Waals surface area contributed by atoms with Gasteiger partial charge in [-0.2, -0.15) is 4.57 Å². The molecule has 1 aromatic carbocycles. The summed E-state index contributed by atoms with van der Waals surface area (Å²) in [5, 5.41) is 0. The number of benzene rings is 1. The molecule has 0 bridgehead atoms. The van der Waals surface area contributed by atoms with Gasteiger partial charge in [-0.25, -0.2) is 0 Å². The molecule has 0 aliphatic heterocycles. The Kier molecular flexibility index (Phi) is 4.13. The van der Waals surface area contributed by atoms with Crippen molar-refractivity contribution in [2.24, 2.45) is 0 Å². The van der Waals surface area contributed by atoms with Gasteiger partial charge in [0.1, 0.15) is 0 Å². The number of nitrogens with zero attached hydrogens (tertiary/aromatic N) is 2. The maximum Gasteiger partial charge on any atom is 0.188 e. The van der Waals surface area contributed by atoms with Gasteiger partial charge in [-0.15, -0.1) is 0 Å². The normalized spacial score (nSPS) is 11.3. The molecule has 0 saturated heterocycles. The maximum absolute atomic E-state index is 2.22. The molecule has 2 nitrogen and oxygen atoms in total. The number of likely N-dealkylation sites (N-methyl/N-ethyl adjacent to an activating group) is 1. The fraction of sp³-hybridized carbons (Fsp3) is 0.188. The van der Waals surface area contributed by atoms with Crippen LogP contribution in [0.4, 0.5) is 0 Å². The van der Waals surface area contributed by atoms with E-state index in [2.05, 4.69) is 78.4 Å². The number of pyridine rings is 1. The van der Waals surface area contributed by atoms with Crippen molar-refractivity contribution in [1.82, 2.24) is 4.90 Å². The topological polar surface area (TPSA) is 7.12 Å². The average molecular weight is 239 g/mol. The number of hydrogen-bond acceptors (Lipinski definition) is 1. The molecule has 92 valence electrons. The summed E-state index contributed by atoms with van der Waals surface area (Å²) in [7, 11) is 4.16. The van der Waals surface area contributed by atoms with Crippen LogP contribution in [0.2, 0.25) is 0 Å². The molecule has 0 fully saturated rings. The molecule has 0 spiro atoms. The van der Waals surface area contributed by atoms with E-state index in [9.17, 15) is 0 Å². The average Bonchev–Trinajstić information content (AvgIpc) is 2.40. The highest BCUT2D eigenvalue weighted by atomic mass is 15.1. The van der Waals surface area contributed by atoms with E-state index < -0.39 is 0 Å². The molecule has 0 N–H and O–H groups in total. The lowest BCUT2D eigenvalue weighted by Crippen LogP contribution is -2.36. The Morgan fingerprint density at radius 2 is 1.61 bits per heavy atom. The van der Waals surface area contributed by atoms with Crippen LogP contribution in [-0.4, -0.2) is 19.0 Å². The third-order valence-corrected chi connectivity index (χ3v) is 2.83. The van der Waals surface area contributed by atoms with Crippen LogP contribution in [0, 0.1) is 0 Å². The molecule has 18 heavy (non-hydrogen) atoms. The van der Waals surface area contributed by atoms with E-state index in [4.69, 9.17) is 0 Å². The smallest absolute Gasteiger partial charge is 0.188 e. The first-order valence-corrected chi connectivity index (χ1v) is 6.13. The number of allylic oxidation sites excluding steroid dienone is 1. The fourth-order valence-corrected chi connectivity index (χ4v) is 1.78. The number of hydrogen-bond donors (Lipinski definition) is 0. The third kappa shape index (κ3) is 3.45. The second-order valence-electron chi connectivity index (χ2n) is 4.49. The predicted octanol–water partition coefficient (Wildman–Crippen LogP) is 2.58.